The van der Waals surface area contributed by atoms with Gasteiger partial charge in [0.2, 0.25) is 11.8 Å². The third-order valence-electron chi connectivity index (χ3n) is 4.56. The molecule has 140 valence electrons. The van der Waals surface area contributed by atoms with Gasteiger partial charge in [0.15, 0.2) is 10.3 Å². The van der Waals surface area contributed by atoms with E-state index >= 15 is 0 Å². The molecule has 0 spiro atoms. The highest BCUT2D eigenvalue weighted by Crippen LogP contribution is 2.31. The van der Waals surface area contributed by atoms with Gasteiger partial charge >= 0.3 is 0 Å². The molecule has 3 heterocycles. The van der Waals surface area contributed by atoms with Crippen LogP contribution >= 0.6 is 22.7 Å². The molecule has 0 aliphatic carbocycles. The minimum Gasteiger partial charge on any atom is -0.369 e. The van der Waals surface area contributed by atoms with E-state index in [4.69, 9.17) is 10.7 Å². The van der Waals surface area contributed by atoms with E-state index in [0.29, 0.717) is 10.8 Å². The first kappa shape index (κ1) is 17.9. The summed E-state index contributed by atoms with van der Waals surface area (Å²) in [6, 6.07) is 8.12. The van der Waals surface area contributed by atoms with E-state index in [-0.39, 0.29) is 18.2 Å². The van der Waals surface area contributed by atoms with E-state index in [1.807, 2.05) is 18.2 Å². The summed E-state index contributed by atoms with van der Waals surface area (Å²) in [7, 11) is 0. The van der Waals surface area contributed by atoms with Gasteiger partial charge in [-0.2, -0.15) is 0 Å². The second-order valence-corrected chi connectivity index (χ2v) is 8.37. The standard InChI is InChI=1S/C18H19N5O2S2/c19-15(24)9-12-10-26-17(20-12)22-16(25)11-5-7-23(8-6-11)18-21-13-3-1-2-4-14(13)27-18/h1-4,10-11H,5-9H2,(H2,19,24)(H,20,22,25). The van der Waals surface area contributed by atoms with Crippen molar-refractivity contribution in [3.8, 4) is 0 Å². The van der Waals surface area contributed by atoms with Crippen molar-refractivity contribution < 1.29 is 9.59 Å². The van der Waals surface area contributed by atoms with Crippen molar-refractivity contribution in [2.75, 3.05) is 23.3 Å². The Morgan fingerprint density at radius 3 is 2.74 bits per heavy atom. The maximum Gasteiger partial charge on any atom is 0.229 e. The third kappa shape index (κ3) is 4.09. The van der Waals surface area contributed by atoms with Crippen LogP contribution in [-0.4, -0.2) is 34.9 Å². The molecule has 0 atom stereocenters. The van der Waals surface area contributed by atoms with E-state index in [2.05, 4.69) is 21.3 Å². The Bertz CT molecular complexity index is 942. The second kappa shape index (κ2) is 7.61. The smallest absolute Gasteiger partial charge is 0.229 e. The van der Waals surface area contributed by atoms with Gasteiger partial charge in [-0.1, -0.05) is 23.5 Å². The van der Waals surface area contributed by atoms with Gasteiger partial charge in [-0.05, 0) is 25.0 Å². The first-order chi connectivity index (χ1) is 13.1. The lowest BCUT2D eigenvalue weighted by atomic mass is 9.96. The molecular weight excluding hydrogens is 382 g/mol. The number of amides is 2. The second-order valence-electron chi connectivity index (χ2n) is 6.50. The number of rotatable bonds is 5. The predicted octanol–water partition coefficient (Wildman–Crippen LogP) is 2.64. The summed E-state index contributed by atoms with van der Waals surface area (Å²) in [5, 5.41) is 6.15. The lowest BCUT2D eigenvalue weighted by Crippen LogP contribution is -2.38. The molecule has 0 radical (unpaired) electrons. The van der Waals surface area contributed by atoms with Crippen LogP contribution in [0.5, 0.6) is 0 Å². The normalized spacial score (nSPS) is 15.2. The van der Waals surface area contributed by atoms with Crippen LogP contribution in [0.2, 0.25) is 0 Å². The van der Waals surface area contributed by atoms with Crippen LogP contribution in [0.1, 0.15) is 18.5 Å². The molecule has 7 nitrogen and oxygen atoms in total. The zero-order chi connectivity index (χ0) is 18.8. The van der Waals surface area contributed by atoms with Crippen LogP contribution in [-0.2, 0) is 16.0 Å². The van der Waals surface area contributed by atoms with Crippen LogP contribution in [0.25, 0.3) is 10.2 Å². The van der Waals surface area contributed by atoms with Gasteiger partial charge in [0.1, 0.15) is 0 Å². The highest BCUT2D eigenvalue weighted by atomic mass is 32.1. The highest BCUT2D eigenvalue weighted by Gasteiger charge is 2.27. The fraction of sp³-hybridized carbons (Fsp3) is 0.333. The molecule has 2 aromatic heterocycles. The van der Waals surface area contributed by atoms with Gasteiger partial charge in [-0.15, -0.1) is 11.3 Å². The Balaban J connectivity index is 1.33. The average molecular weight is 402 g/mol. The number of hydrogen-bond donors (Lipinski definition) is 2. The number of carbonyl (C=O) groups excluding carboxylic acids is 2. The Morgan fingerprint density at radius 2 is 2.00 bits per heavy atom. The molecule has 9 heteroatoms. The molecule has 0 bridgehead atoms. The number of benzene rings is 1. The first-order valence-electron chi connectivity index (χ1n) is 8.72. The number of nitrogens with one attached hydrogen (secondary N) is 1. The lowest BCUT2D eigenvalue weighted by molar-refractivity contribution is -0.120. The number of piperidine rings is 1. The van der Waals surface area contributed by atoms with Crippen LogP contribution in [0, 0.1) is 5.92 Å². The van der Waals surface area contributed by atoms with Gasteiger partial charge in [-0.25, -0.2) is 9.97 Å². The number of nitrogens with two attached hydrogens (primary N) is 1. The minimum absolute atomic E-state index is 0.0149. The minimum atomic E-state index is -0.430. The van der Waals surface area contributed by atoms with Crippen molar-refractivity contribution in [2.45, 2.75) is 19.3 Å². The first-order valence-corrected chi connectivity index (χ1v) is 10.4. The number of aromatic nitrogens is 2. The number of nitrogens with zero attached hydrogens (tertiary/aromatic N) is 3. The Morgan fingerprint density at radius 1 is 1.22 bits per heavy atom. The van der Waals surface area contributed by atoms with E-state index in [9.17, 15) is 9.59 Å². The fourth-order valence-electron chi connectivity index (χ4n) is 3.16. The number of anilines is 2. The topological polar surface area (TPSA) is 101 Å². The summed E-state index contributed by atoms with van der Waals surface area (Å²) in [6.07, 6.45) is 1.65. The monoisotopic (exact) mass is 401 g/mol. The molecule has 1 aromatic carbocycles. The number of primary amides is 1. The number of para-hydroxylation sites is 1. The van der Waals surface area contributed by atoms with E-state index < -0.39 is 5.91 Å². The molecule has 3 aromatic rings. The average Bonchev–Trinajstić information content (AvgIpc) is 3.28. The van der Waals surface area contributed by atoms with E-state index in [1.165, 1.54) is 16.0 Å². The van der Waals surface area contributed by atoms with E-state index in [1.54, 1.807) is 16.7 Å². The molecule has 1 saturated heterocycles. The highest BCUT2D eigenvalue weighted by molar-refractivity contribution is 7.22. The van der Waals surface area contributed by atoms with Gasteiger partial charge in [-0.3, -0.25) is 9.59 Å². The Kier molecular flexibility index (Phi) is 5.04. The molecule has 2 amide bonds. The summed E-state index contributed by atoms with van der Waals surface area (Å²) >= 11 is 3.01. The van der Waals surface area contributed by atoms with Crippen molar-refractivity contribution in [2.24, 2.45) is 11.7 Å². The summed E-state index contributed by atoms with van der Waals surface area (Å²) in [6.45, 7) is 1.62. The predicted molar refractivity (Wildman–Crippen MR) is 108 cm³/mol. The maximum absolute atomic E-state index is 12.5. The van der Waals surface area contributed by atoms with Crippen molar-refractivity contribution in [3.63, 3.8) is 0 Å². The van der Waals surface area contributed by atoms with Gasteiger partial charge < -0.3 is 16.0 Å². The zero-order valence-electron chi connectivity index (χ0n) is 14.6. The molecule has 1 aliphatic rings. The maximum atomic E-state index is 12.5. The summed E-state index contributed by atoms with van der Waals surface area (Å²) in [4.78, 5) is 34.6. The Labute approximate surface area is 164 Å². The number of carbonyl (C=O) groups is 2. The van der Waals surface area contributed by atoms with Gasteiger partial charge in [0.25, 0.3) is 0 Å². The molecular formula is C18H19N5O2S2. The van der Waals surface area contributed by atoms with Crippen molar-refractivity contribution in [1.29, 1.82) is 0 Å². The Hall–Kier alpha value is -2.52. The number of hydrogen-bond acceptors (Lipinski definition) is 7. The van der Waals surface area contributed by atoms with Crippen LogP contribution < -0.4 is 16.0 Å². The largest absolute Gasteiger partial charge is 0.369 e. The fourth-order valence-corrected chi connectivity index (χ4v) is 4.89. The number of fused-ring (bicyclic) bond motifs is 1. The third-order valence-corrected chi connectivity index (χ3v) is 6.46. The molecule has 0 saturated carbocycles. The molecule has 1 aliphatic heterocycles. The molecule has 3 N–H and O–H groups in total. The van der Waals surface area contributed by atoms with Crippen LogP contribution in [0.4, 0.5) is 10.3 Å². The molecule has 4 rings (SSSR count). The van der Waals surface area contributed by atoms with Crippen molar-refractivity contribution >= 4 is 55.0 Å². The van der Waals surface area contributed by atoms with Crippen LogP contribution in [0.15, 0.2) is 29.6 Å². The van der Waals surface area contributed by atoms with Crippen molar-refractivity contribution in [3.05, 3.63) is 35.3 Å². The number of thiazole rings is 2. The SMILES string of the molecule is NC(=O)Cc1csc(NC(=O)C2CCN(c3nc4ccccc4s3)CC2)n1. The molecule has 0 unspecified atom stereocenters. The molecule has 1 fully saturated rings. The molecule has 27 heavy (non-hydrogen) atoms. The van der Waals surface area contributed by atoms with Gasteiger partial charge in [0, 0.05) is 24.4 Å². The van der Waals surface area contributed by atoms with Crippen molar-refractivity contribution in [1.82, 2.24) is 9.97 Å². The quantitative estimate of drug-likeness (QED) is 0.684. The summed E-state index contributed by atoms with van der Waals surface area (Å²) in [5.74, 6) is -0.488. The van der Waals surface area contributed by atoms with Crippen LogP contribution in [0.3, 0.4) is 0 Å². The lowest BCUT2D eigenvalue weighted by Gasteiger charge is -2.30. The summed E-state index contributed by atoms with van der Waals surface area (Å²) < 4.78 is 1.18. The van der Waals surface area contributed by atoms with Gasteiger partial charge in [0.05, 0.1) is 22.3 Å². The zero-order valence-corrected chi connectivity index (χ0v) is 16.2. The summed E-state index contributed by atoms with van der Waals surface area (Å²) in [5.41, 5.74) is 6.78. The van der Waals surface area contributed by atoms with E-state index in [0.717, 1.165) is 36.6 Å².